The third kappa shape index (κ3) is 4.25. The summed E-state index contributed by atoms with van der Waals surface area (Å²) in [4.78, 5) is 0. The predicted molar refractivity (Wildman–Crippen MR) is 45.5 cm³/mol. The number of hydrogen-bond donors (Lipinski definition) is 0. The molecule has 12 heavy (non-hydrogen) atoms. The molecule has 0 radical (unpaired) electrons. The first-order chi connectivity index (χ1) is 5.39. The van der Waals surface area contributed by atoms with Gasteiger partial charge in [-0.15, -0.1) is 0 Å². The quantitative estimate of drug-likeness (QED) is 0.713. The molecule has 0 rings (SSSR count). The van der Waals surface area contributed by atoms with Gasteiger partial charge >= 0.3 is 82.3 Å². The Labute approximate surface area is 82.2 Å². The number of hydrogen-bond acceptors (Lipinski definition) is 4. The van der Waals surface area contributed by atoms with Crippen LogP contribution in [0.5, 0.6) is 0 Å². The zero-order valence-electron chi connectivity index (χ0n) is 8.63. The fourth-order valence-electron chi connectivity index (χ4n) is 0.750. The Morgan fingerprint density at radius 1 is 0.833 bits per heavy atom. The molecule has 0 fully saturated rings. The second-order valence-corrected chi connectivity index (χ2v) is 14.7. The van der Waals surface area contributed by atoms with Gasteiger partial charge in [0.05, 0.1) is 0 Å². The summed E-state index contributed by atoms with van der Waals surface area (Å²) in [6.07, 6.45) is 0. The number of rotatable bonds is 5. The van der Waals surface area contributed by atoms with Crippen molar-refractivity contribution in [3.8, 4) is 0 Å². The topological polar surface area (TPSA) is 36.9 Å². The van der Waals surface area contributed by atoms with E-state index < -0.39 is 30.3 Å². The van der Waals surface area contributed by atoms with E-state index in [1.165, 1.54) is 0 Å². The van der Waals surface area contributed by atoms with E-state index in [-0.39, 0.29) is 0 Å². The Morgan fingerprint density at radius 2 is 1.17 bits per heavy atom. The monoisotopic (exact) mass is 272 g/mol. The molecule has 0 aromatic rings. The Kier molecular flexibility index (Phi) is 5.37. The molecule has 0 bridgehead atoms. The molecule has 0 atom stereocenters. The summed E-state index contributed by atoms with van der Waals surface area (Å²) in [6, 6.07) is 0. The van der Waals surface area contributed by atoms with Gasteiger partial charge in [0.25, 0.3) is 0 Å². The molecule has 0 saturated carbocycles. The van der Waals surface area contributed by atoms with Gasteiger partial charge in [-0.25, -0.2) is 0 Å². The maximum atomic E-state index is 5.76. The minimum atomic E-state index is -3.54. The van der Waals surface area contributed by atoms with E-state index in [2.05, 4.69) is 19.6 Å². The van der Waals surface area contributed by atoms with Gasteiger partial charge in [-0.2, -0.15) is 0 Å². The first kappa shape index (κ1) is 12.9. The van der Waals surface area contributed by atoms with Gasteiger partial charge in [0.15, 0.2) is 0 Å². The van der Waals surface area contributed by atoms with Crippen molar-refractivity contribution in [3.05, 3.63) is 0 Å². The summed E-state index contributed by atoms with van der Waals surface area (Å²) in [5, 5.41) is 0. The van der Waals surface area contributed by atoms with E-state index in [0.717, 1.165) is 0 Å². The molecule has 0 unspecified atom stereocenters. The van der Waals surface area contributed by atoms with E-state index in [9.17, 15) is 0 Å². The summed E-state index contributed by atoms with van der Waals surface area (Å²) in [6.45, 7) is 6.24. The third-order valence-corrected chi connectivity index (χ3v) is 12.1. The SMILES string of the molecule is C[O][Zr]([O]C)([O]C)[O][Si](C)(C)C. The van der Waals surface area contributed by atoms with Gasteiger partial charge in [-0.05, 0) is 0 Å². The van der Waals surface area contributed by atoms with Crippen LogP contribution in [-0.2, 0) is 33.0 Å². The molecule has 74 valence electrons. The van der Waals surface area contributed by atoms with Gasteiger partial charge in [0.1, 0.15) is 0 Å². The van der Waals surface area contributed by atoms with E-state index >= 15 is 0 Å². The van der Waals surface area contributed by atoms with Gasteiger partial charge in [0.2, 0.25) is 0 Å². The molecule has 0 amide bonds. The van der Waals surface area contributed by atoms with Crippen LogP contribution >= 0.6 is 0 Å². The standard InChI is InChI=1S/C3H9OSi.3CH3O.Zr/c1-5(2,3)4;3*1-2;/h1-3H3;3*1H3;/q4*-1;+4. The molecule has 0 aromatic carbocycles. The molecule has 0 aromatic heterocycles. The van der Waals surface area contributed by atoms with Crippen LogP contribution in [-0.4, -0.2) is 29.6 Å². The molecule has 0 N–H and O–H groups in total. The second-order valence-electron chi connectivity index (χ2n) is 3.33. The van der Waals surface area contributed by atoms with Crippen LogP contribution in [0.15, 0.2) is 0 Å². The maximum absolute atomic E-state index is 5.76. The average molecular weight is 274 g/mol. The van der Waals surface area contributed by atoms with Crippen LogP contribution in [0.2, 0.25) is 19.6 Å². The van der Waals surface area contributed by atoms with Crippen LogP contribution in [0.1, 0.15) is 0 Å². The summed E-state index contributed by atoms with van der Waals surface area (Å²) in [5.74, 6) is 0. The Morgan fingerprint density at radius 3 is 1.25 bits per heavy atom. The normalized spacial score (nSPS) is 13.5. The fraction of sp³-hybridized carbons (Fsp3) is 1.00. The second kappa shape index (κ2) is 4.98. The molecule has 0 aliphatic heterocycles. The van der Waals surface area contributed by atoms with Crippen LogP contribution in [0.3, 0.4) is 0 Å². The van der Waals surface area contributed by atoms with Crippen molar-refractivity contribution in [1.82, 2.24) is 0 Å². The summed E-state index contributed by atoms with van der Waals surface area (Å²) in [5.41, 5.74) is 0. The molecule has 0 saturated heterocycles. The Balaban J connectivity index is 4.30. The molecular formula is C6H18O4SiZr. The summed E-state index contributed by atoms with van der Waals surface area (Å²) >= 11 is -3.54. The molecule has 0 spiro atoms. The molecule has 0 aliphatic carbocycles. The molecule has 0 aliphatic rings. The van der Waals surface area contributed by atoms with Crippen molar-refractivity contribution in [2.24, 2.45) is 0 Å². The van der Waals surface area contributed by atoms with Crippen molar-refractivity contribution < 1.29 is 33.0 Å². The molecular weight excluding hydrogens is 255 g/mol. The van der Waals surface area contributed by atoms with Gasteiger partial charge in [-0.1, -0.05) is 0 Å². The van der Waals surface area contributed by atoms with Crippen LogP contribution in [0, 0.1) is 0 Å². The summed E-state index contributed by atoms with van der Waals surface area (Å²) < 4.78 is 21.3. The summed E-state index contributed by atoms with van der Waals surface area (Å²) in [7, 11) is 3.08. The van der Waals surface area contributed by atoms with Crippen molar-refractivity contribution in [3.63, 3.8) is 0 Å². The van der Waals surface area contributed by atoms with Crippen LogP contribution in [0.25, 0.3) is 0 Å². The minimum absolute atomic E-state index is 1.57. The van der Waals surface area contributed by atoms with Crippen molar-refractivity contribution in [1.29, 1.82) is 0 Å². The average Bonchev–Trinajstić information content (AvgIpc) is 1.99. The van der Waals surface area contributed by atoms with E-state index in [1.807, 2.05) is 0 Å². The first-order valence-corrected chi connectivity index (χ1v) is 11.2. The van der Waals surface area contributed by atoms with E-state index in [1.54, 1.807) is 21.3 Å². The van der Waals surface area contributed by atoms with Gasteiger partial charge in [0, 0.05) is 0 Å². The predicted octanol–water partition coefficient (Wildman–Crippen LogP) is 1.59. The third-order valence-electron chi connectivity index (χ3n) is 1.18. The first-order valence-electron chi connectivity index (χ1n) is 3.75. The molecule has 4 nitrogen and oxygen atoms in total. The van der Waals surface area contributed by atoms with Crippen LogP contribution in [0.4, 0.5) is 0 Å². The van der Waals surface area contributed by atoms with Crippen molar-refractivity contribution in [2.75, 3.05) is 21.3 Å². The van der Waals surface area contributed by atoms with Gasteiger partial charge < -0.3 is 0 Å². The molecule has 0 heterocycles. The van der Waals surface area contributed by atoms with E-state index in [0.29, 0.717) is 0 Å². The Bertz CT molecular complexity index is 124. The molecule has 6 heteroatoms. The Hall–Kier alpha value is 0.940. The van der Waals surface area contributed by atoms with E-state index in [4.69, 9.17) is 10.9 Å². The zero-order valence-corrected chi connectivity index (χ0v) is 12.1. The van der Waals surface area contributed by atoms with Crippen molar-refractivity contribution >= 4 is 8.32 Å². The fourth-order valence-corrected chi connectivity index (χ4v) is 10.4. The van der Waals surface area contributed by atoms with Crippen LogP contribution < -0.4 is 0 Å². The van der Waals surface area contributed by atoms with Crippen molar-refractivity contribution in [2.45, 2.75) is 19.6 Å². The zero-order chi connectivity index (χ0) is 9.83. The van der Waals surface area contributed by atoms with Gasteiger partial charge in [-0.3, -0.25) is 0 Å².